The molecule has 1 aromatic heterocycles. The van der Waals surface area contributed by atoms with Crippen LogP contribution in [-0.2, 0) is 6.54 Å². The number of nitrogens with zero attached hydrogens (tertiary/aromatic N) is 2. The molecular weight excluding hydrogens is 272 g/mol. The normalized spacial score (nSPS) is 11.6. The van der Waals surface area contributed by atoms with E-state index in [0.29, 0.717) is 23.2 Å². The van der Waals surface area contributed by atoms with Crippen molar-refractivity contribution in [2.24, 2.45) is 5.73 Å². The molecule has 0 fully saturated rings. The molecule has 3 N–H and O–H groups in total. The van der Waals surface area contributed by atoms with Gasteiger partial charge in [-0.3, -0.25) is 4.79 Å². The van der Waals surface area contributed by atoms with Gasteiger partial charge < -0.3 is 11.1 Å². The zero-order valence-corrected chi connectivity index (χ0v) is 11.3. The molecule has 1 rings (SSSR count). The van der Waals surface area contributed by atoms with E-state index in [1.165, 1.54) is 4.68 Å². The minimum absolute atomic E-state index is 0.137. The molecule has 6 heteroatoms. The van der Waals surface area contributed by atoms with Crippen LogP contribution in [0.4, 0.5) is 5.69 Å². The number of aryl methyl sites for hydroxylation is 1. The lowest BCUT2D eigenvalue weighted by Crippen LogP contribution is -2.40. The number of nitrogens with one attached hydrogen (secondary N) is 1. The molecular formula is C10H17BrN4O. The molecule has 1 heterocycles. The number of aromatic nitrogens is 2. The van der Waals surface area contributed by atoms with Crippen molar-refractivity contribution in [2.75, 3.05) is 11.9 Å². The quantitative estimate of drug-likeness (QED) is 0.873. The number of rotatable bonds is 4. The molecule has 0 saturated heterocycles. The molecule has 0 atom stereocenters. The maximum Gasteiger partial charge on any atom is 0.283 e. The van der Waals surface area contributed by atoms with Gasteiger partial charge in [-0.05, 0) is 36.7 Å². The average Bonchev–Trinajstić information content (AvgIpc) is 2.19. The SMILES string of the molecule is CCn1ncc(NCC(C)(C)N)c(Br)c1=O. The Morgan fingerprint density at radius 1 is 1.62 bits per heavy atom. The van der Waals surface area contributed by atoms with E-state index in [1.807, 2.05) is 20.8 Å². The van der Waals surface area contributed by atoms with E-state index in [1.54, 1.807) is 6.20 Å². The molecule has 90 valence electrons. The second-order valence-corrected chi connectivity index (χ2v) is 5.13. The molecule has 5 nitrogen and oxygen atoms in total. The van der Waals surface area contributed by atoms with Crippen LogP contribution in [0.5, 0.6) is 0 Å². The fourth-order valence-electron chi connectivity index (χ4n) is 1.14. The van der Waals surface area contributed by atoms with Crippen molar-refractivity contribution in [3.63, 3.8) is 0 Å². The third kappa shape index (κ3) is 3.31. The second kappa shape index (κ2) is 4.97. The van der Waals surface area contributed by atoms with E-state index in [4.69, 9.17) is 5.73 Å². The van der Waals surface area contributed by atoms with Gasteiger partial charge in [-0.2, -0.15) is 5.10 Å². The maximum atomic E-state index is 11.7. The number of anilines is 1. The van der Waals surface area contributed by atoms with Crippen molar-refractivity contribution in [1.29, 1.82) is 0 Å². The molecule has 0 amide bonds. The number of hydrogen-bond donors (Lipinski definition) is 2. The number of nitrogens with two attached hydrogens (primary N) is 1. The predicted octanol–water partition coefficient (Wildman–Crippen LogP) is 1.17. The van der Waals surface area contributed by atoms with Gasteiger partial charge in [0.15, 0.2) is 0 Å². The summed E-state index contributed by atoms with van der Waals surface area (Å²) in [5, 5.41) is 7.13. The minimum atomic E-state index is -0.334. The highest BCUT2D eigenvalue weighted by atomic mass is 79.9. The van der Waals surface area contributed by atoms with E-state index in [2.05, 4.69) is 26.3 Å². The van der Waals surface area contributed by atoms with Crippen LogP contribution in [0.2, 0.25) is 0 Å². The van der Waals surface area contributed by atoms with Crippen LogP contribution < -0.4 is 16.6 Å². The first-order valence-corrected chi connectivity index (χ1v) is 5.93. The van der Waals surface area contributed by atoms with Gasteiger partial charge in [0, 0.05) is 18.6 Å². The lowest BCUT2D eigenvalue weighted by Gasteiger charge is -2.20. The topological polar surface area (TPSA) is 72.9 Å². The van der Waals surface area contributed by atoms with Gasteiger partial charge in [0.2, 0.25) is 0 Å². The summed E-state index contributed by atoms with van der Waals surface area (Å²) in [4.78, 5) is 11.7. The molecule has 1 aromatic rings. The first kappa shape index (κ1) is 13.2. The van der Waals surface area contributed by atoms with Crippen LogP contribution in [0, 0.1) is 0 Å². The fraction of sp³-hybridized carbons (Fsp3) is 0.600. The molecule has 0 spiro atoms. The zero-order chi connectivity index (χ0) is 12.3. The lowest BCUT2D eigenvalue weighted by molar-refractivity contribution is 0.548. The van der Waals surface area contributed by atoms with E-state index in [9.17, 15) is 4.79 Å². The standard InChI is InChI=1S/C10H17BrN4O/c1-4-15-9(16)8(11)7(5-14-15)13-6-10(2,3)12/h5,13H,4,6,12H2,1-3H3. The molecule has 0 saturated carbocycles. The minimum Gasteiger partial charge on any atom is -0.381 e. The van der Waals surface area contributed by atoms with Crippen molar-refractivity contribution >= 4 is 21.6 Å². The van der Waals surface area contributed by atoms with Gasteiger partial charge in [0.25, 0.3) is 5.56 Å². The Kier molecular flexibility index (Phi) is 4.09. The van der Waals surface area contributed by atoms with Crippen molar-refractivity contribution in [3.05, 3.63) is 21.0 Å². The zero-order valence-electron chi connectivity index (χ0n) is 9.75. The van der Waals surface area contributed by atoms with Crippen molar-refractivity contribution in [2.45, 2.75) is 32.9 Å². The van der Waals surface area contributed by atoms with Gasteiger partial charge in [-0.1, -0.05) is 0 Å². The summed E-state index contributed by atoms with van der Waals surface area (Å²) in [6, 6.07) is 0. The summed E-state index contributed by atoms with van der Waals surface area (Å²) in [5.41, 5.74) is 6.05. The molecule has 0 aliphatic carbocycles. The predicted molar refractivity (Wildman–Crippen MR) is 68.6 cm³/mol. The Balaban J connectivity index is 2.91. The largest absolute Gasteiger partial charge is 0.381 e. The summed E-state index contributed by atoms with van der Waals surface area (Å²) in [6.45, 7) is 6.82. The van der Waals surface area contributed by atoms with Crippen molar-refractivity contribution < 1.29 is 0 Å². The maximum absolute atomic E-state index is 11.7. The summed E-state index contributed by atoms with van der Waals surface area (Å²) in [5.74, 6) is 0. The Labute approximate surface area is 103 Å². The Hall–Kier alpha value is -0.880. The third-order valence-corrected chi connectivity index (χ3v) is 2.79. The monoisotopic (exact) mass is 288 g/mol. The van der Waals surface area contributed by atoms with E-state index in [-0.39, 0.29) is 11.1 Å². The second-order valence-electron chi connectivity index (χ2n) is 4.34. The van der Waals surface area contributed by atoms with Gasteiger partial charge in [-0.25, -0.2) is 4.68 Å². The number of halogens is 1. The Morgan fingerprint density at radius 3 is 2.75 bits per heavy atom. The fourth-order valence-corrected chi connectivity index (χ4v) is 1.58. The molecule has 0 bridgehead atoms. The van der Waals surface area contributed by atoms with E-state index in [0.717, 1.165) is 0 Å². The first-order valence-electron chi connectivity index (χ1n) is 5.13. The highest BCUT2D eigenvalue weighted by Gasteiger charge is 2.13. The van der Waals surface area contributed by atoms with Crippen LogP contribution in [0.3, 0.4) is 0 Å². The summed E-state index contributed by atoms with van der Waals surface area (Å²) in [6.07, 6.45) is 1.63. The third-order valence-electron chi connectivity index (χ3n) is 2.02. The number of hydrogen-bond acceptors (Lipinski definition) is 4. The van der Waals surface area contributed by atoms with E-state index >= 15 is 0 Å². The average molecular weight is 289 g/mol. The van der Waals surface area contributed by atoms with Crippen LogP contribution in [-0.4, -0.2) is 21.9 Å². The molecule has 0 aliphatic heterocycles. The van der Waals surface area contributed by atoms with E-state index < -0.39 is 0 Å². The van der Waals surface area contributed by atoms with Crippen LogP contribution >= 0.6 is 15.9 Å². The van der Waals surface area contributed by atoms with Gasteiger partial charge in [0.05, 0.1) is 11.9 Å². The molecule has 0 unspecified atom stereocenters. The van der Waals surface area contributed by atoms with Gasteiger partial charge >= 0.3 is 0 Å². The summed E-state index contributed by atoms with van der Waals surface area (Å²) >= 11 is 3.26. The smallest absolute Gasteiger partial charge is 0.283 e. The van der Waals surface area contributed by atoms with Crippen molar-refractivity contribution in [1.82, 2.24) is 9.78 Å². The van der Waals surface area contributed by atoms with Crippen molar-refractivity contribution in [3.8, 4) is 0 Å². The van der Waals surface area contributed by atoms with Crippen LogP contribution in [0.15, 0.2) is 15.5 Å². The summed E-state index contributed by atoms with van der Waals surface area (Å²) in [7, 11) is 0. The van der Waals surface area contributed by atoms with Crippen LogP contribution in [0.1, 0.15) is 20.8 Å². The summed E-state index contributed by atoms with van der Waals surface area (Å²) < 4.78 is 1.89. The molecule has 16 heavy (non-hydrogen) atoms. The molecule has 0 aliphatic rings. The Bertz CT molecular complexity index is 422. The highest BCUT2D eigenvalue weighted by Crippen LogP contribution is 2.16. The molecule has 0 aromatic carbocycles. The first-order chi connectivity index (χ1) is 7.35. The van der Waals surface area contributed by atoms with Gasteiger partial charge in [0.1, 0.15) is 4.47 Å². The van der Waals surface area contributed by atoms with Crippen LogP contribution in [0.25, 0.3) is 0 Å². The molecule has 0 radical (unpaired) electrons. The van der Waals surface area contributed by atoms with Gasteiger partial charge in [-0.15, -0.1) is 0 Å². The highest BCUT2D eigenvalue weighted by molar-refractivity contribution is 9.10. The lowest BCUT2D eigenvalue weighted by atomic mass is 10.1. The Morgan fingerprint density at radius 2 is 2.25 bits per heavy atom.